The first-order chi connectivity index (χ1) is 8.45. The summed E-state index contributed by atoms with van der Waals surface area (Å²) >= 11 is 0. The number of carbonyl (C=O) groups is 1. The fourth-order valence-electron chi connectivity index (χ4n) is 1.73. The van der Waals surface area contributed by atoms with Gasteiger partial charge in [0.05, 0.1) is 11.5 Å². The van der Waals surface area contributed by atoms with Crippen molar-refractivity contribution >= 4 is 11.5 Å². The van der Waals surface area contributed by atoms with Crippen molar-refractivity contribution in [3.8, 4) is 0 Å². The van der Waals surface area contributed by atoms with E-state index >= 15 is 0 Å². The van der Waals surface area contributed by atoms with Crippen molar-refractivity contribution in [2.45, 2.75) is 26.8 Å². The van der Waals surface area contributed by atoms with Gasteiger partial charge in [0.25, 0.3) is 5.69 Å². The summed E-state index contributed by atoms with van der Waals surface area (Å²) in [4.78, 5) is 24.2. The zero-order chi connectivity index (χ0) is 13.7. The second-order valence-corrected chi connectivity index (χ2v) is 4.39. The minimum absolute atomic E-state index is 0.0477. The summed E-state index contributed by atoms with van der Waals surface area (Å²) in [5.41, 5.74) is 0.344. The maximum atomic E-state index is 12.0. The summed E-state index contributed by atoms with van der Waals surface area (Å²) in [5, 5.41) is 10.6. The van der Waals surface area contributed by atoms with Crippen LogP contribution in [0.4, 0.5) is 5.69 Å². The van der Waals surface area contributed by atoms with Crippen LogP contribution < -0.4 is 0 Å². The quantitative estimate of drug-likeness (QED) is 0.442. The SMILES string of the molecule is CCN(CC(=O)c1cccc([N+](=O)[O-])c1)C(C)C. The molecule has 1 rings (SSSR count). The van der Waals surface area contributed by atoms with Gasteiger partial charge in [0, 0.05) is 23.7 Å². The largest absolute Gasteiger partial charge is 0.294 e. The average Bonchev–Trinajstić information content (AvgIpc) is 2.35. The summed E-state index contributed by atoms with van der Waals surface area (Å²) in [6.45, 7) is 7.09. The van der Waals surface area contributed by atoms with E-state index in [1.165, 1.54) is 18.2 Å². The van der Waals surface area contributed by atoms with Crippen LogP contribution in [-0.4, -0.2) is 34.7 Å². The van der Waals surface area contributed by atoms with Gasteiger partial charge in [-0.1, -0.05) is 19.1 Å². The maximum Gasteiger partial charge on any atom is 0.270 e. The zero-order valence-electron chi connectivity index (χ0n) is 10.9. The molecule has 0 aliphatic carbocycles. The van der Waals surface area contributed by atoms with Crippen LogP contribution in [0.15, 0.2) is 24.3 Å². The number of carbonyl (C=O) groups excluding carboxylic acids is 1. The van der Waals surface area contributed by atoms with Gasteiger partial charge in [-0.3, -0.25) is 19.8 Å². The number of ketones is 1. The Bertz CT molecular complexity index is 444. The van der Waals surface area contributed by atoms with Crippen LogP contribution in [0, 0.1) is 10.1 Å². The number of nitrogens with zero attached hydrogens (tertiary/aromatic N) is 2. The summed E-state index contributed by atoms with van der Waals surface area (Å²) in [5.74, 6) is -0.0887. The number of rotatable bonds is 6. The van der Waals surface area contributed by atoms with Crippen molar-refractivity contribution in [1.82, 2.24) is 4.90 Å². The molecule has 0 saturated carbocycles. The number of likely N-dealkylation sites (N-methyl/N-ethyl adjacent to an activating group) is 1. The topological polar surface area (TPSA) is 63.5 Å². The molecule has 1 aromatic carbocycles. The van der Waals surface area contributed by atoms with E-state index in [4.69, 9.17) is 0 Å². The molecule has 0 spiro atoms. The molecule has 18 heavy (non-hydrogen) atoms. The van der Waals surface area contributed by atoms with Gasteiger partial charge in [-0.05, 0) is 20.4 Å². The third-order valence-electron chi connectivity index (χ3n) is 2.86. The highest BCUT2D eigenvalue weighted by molar-refractivity contribution is 5.98. The smallest absolute Gasteiger partial charge is 0.270 e. The van der Waals surface area contributed by atoms with Crippen LogP contribution in [0.3, 0.4) is 0 Å². The molecule has 0 bridgehead atoms. The molecule has 0 heterocycles. The number of Topliss-reactive ketones (excluding diaryl/α,β-unsaturated/α-hetero) is 1. The molecule has 0 amide bonds. The molecule has 0 fully saturated rings. The van der Waals surface area contributed by atoms with E-state index in [1.807, 2.05) is 25.7 Å². The van der Waals surface area contributed by atoms with Crippen LogP contribution in [-0.2, 0) is 0 Å². The van der Waals surface area contributed by atoms with E-state index in [9.17, 15) is 14.9 Å². The molecule has 0 N–H and O–H groups in total. The molecule has 0 aliphatic rings. The first kappa shape index (κ1) is 14.3. The van der Waals surface area contributed by atoms with Gasteiger partial charge in [-0.2, -0.15) is 0 Å². The summed E-state index contributed by atoms with van der Waals surface area (Å²) in [7, 11) is 0. The number of nitro benzene ring substituents is 1. The monoisotopic (exact) mass is 250 g/mol. The number of hydrogen-bond donors (Lipinski definition) is 0. The van der Waals surface area contributed by atoms with Crippen LogP contribution in [0.25, 0.3) is 0 Å². The Morgan fingerprint density at radius 3 is 2.61 bits per heavy atom. The Labute approximate surface area is 107 Å². The Morgan fingerprint density at radius 2 is 2.11 bits per heavy atom. The van der Waals surface area contributed by atoms with Gasteiger partial charge < -0.3 is 0 Å². The lowest BCUT2D eigenvalue weighted by molar-refractivity contribution is -0.384. The van der Waals surface area contributed by atoms with E-state index < -0.39 is 4.92 Å². The molecule has 5 heteroatoms. The minimum Gasteiger partial charge on any atom is -0.294 e. The molecule has 98 valence electrons. The van der Waals surface area contributed by atoms with Gasteiger partial charge in [0.2, 0.25) is 0 Å². The maximum absolute atomic E-state index is 12.0. The van der Waals surface area contributed by atoms with Gasteiger partial charge in [-0.25, -0.2) is 0 Å². The third kappa shape index (κ3) is 3.63. The molecule has 0 atom stereocenters. The summed E-state index contributed by atoms with van der Waals surface area (Å²) < 4.78 is 0. The molecule has 5 nitrogen and oxygen atoms in total. The van der Waals surface area contributed by atoms with Crippen LogP contribution in [0.1, 0.15) is 31.1 Å². The van der Waals surface area contributed by atoms with E-state index in [0.717, 1.165) is 6.54 Å². The molecule has 0 unspecified atom stereocenters. The van der Waals surface area contributed by atoms with Crippen LogP contribution in [0.5, 0.6) is 0 Å². The van der Waals surface area contributed by atoms with Gasteiger partial charge in [0.1, 0.15) is 0 Å². The Balaban J connectivity index is 2.84. The molecule has 0 radical (unpaired) electrons. The zero-order valence-corrected chi connectivity index (χ0v) is 10.9. The molecule has 1 aromatic rings. The fourth-order valence-corrected chi connectivity index (χ4v) is 1.73. The molecule has 0 aliphatic heterocycles. The van der Waals surface area contributed by atoms with Crippen molar-refractivity contribution in [2.75, 3.05) is 13.1 Å². The van der Waals surface area contributed by atoms with Crippen molar-refractivity contribution < 1.29 is 9.72 Å². The van der Waals surface area contributed by atoms with Gasteiger partial charge >= 0.3 is 0 Å². The van der Waals surface area contributed by atoms with E-state index in [-0.39, 0.29) is 24.1 Å². The van der Waals surface area contributed by atoms with Gasteiger partial charge in [0.15, 0.2) is 5.78 Å². The lowest BCUT2D eigenvalue weighted by Crippen LogP contribution is -2.35. The minimum atomic E-state index is -0.489. The normalized spacial score (nSPS) is 10.9. The Morgan fingerprint density at radius 1 is 1.44 bits per heavy atom. The third-order valence-corrected chi connectivity index (χ3v) is 2.86. The predicted molar refractivity (Wildman–Crippen MR) is 69.8 cm³/mol. The predicted octanol–water partition coefficient (Wildman–Crippen LogP) is 2.51. The molecule has 0 aromatic heterocycles. The second-order valence-electron chi connectivity index (χ2n) is 4.39. The average molecular weight is 250 g/mol. The molecular formula is C13H18N2O3. The molecule has 0 saturated heterocycles. The van der Waals surface area contributed by atoms with Crippen molar-refractivity contribution in [3.05, 3.63) is 39.9 Å². The highest BCUT2D eigenvalue weighted by Gasteiger charge is 2.15. The number of hydrogen-bond acceptors (Lipinski definition) is 4. The van der Waals surface area contributed by atoms with E-state index in [0.29, 0.717) is 5.56 Å². The highest BCUT2D eigenvalue weighted by atomic mass is 16.6. The van der Waals surface area contributed by atoms with Crippen molar-refractivity contribution in [1.29, 1.82) is 0 Å². The van der Waals surface area contributed by atoms with Crippen LogP contribution in [0.2, 0.25) is 0 Å². The number of benzene rings is 1. The lowest BCUT2D eigenvalue weighted by Gasteiger charge is -2.23. The van der Waals surface area contributed by atoms with Gasteiger partial charge in [-0.15, -0.1) is 0 Å². The van der Waals surface area contributed by atoms with E-state index in [1.54, 1.807) is 6.07 Å². The van der Waals surface area contributed by atoms with Crippen LogP contribution >= 0.6 is 0 Å². The second kappa shape index (κ2) is 6.26. The number of non-ortho nitro benzene ring substituents is 1. The standard InChI is InChI=1S/C13H18N2O3/c1-4-14(10(2)3)9-13(16)11-6-5-7-12(8-11)15(17)18/h5-8,10H,4,9H2,1-3H3. The fraction of sp³-hybridized carbons (Fsp3) is 0.462. The highest BCUT2D eigenvalue weighted by Crippen LogP contribution is 2.14. The summed E-state index contributed by atoms with van der Waals surface area (Å²) in [6, 6.07) is 6.14. The number of nitro groups is 1. The first-order valence-electron chi connectivity index (χ1n) is 5.97. The van der Waals surface area contributed by atoms with Crippen molar-refractivity contribution in [2.24, 2.45) is 0 Å². The Hall–Kier alpha value is -1.75. The first-order valence-corrected chi connectivity index (χ1v) is 5.97. The molecular weight excluding hydrogens is 232 g/mol. The summed E-state index contributed by atoms with van der Waals surface area (Å²) in [6.07, 6.45) is 0. The Kier molecular flexibility index (Phi) is 4.97. The van der Waals surface area contributed by atoms with Crippen molar-refractivity contribution in [3.63, 3.8) is 0 Å². The lowest BCUT2D eigenvalue weighted by atomic mass is 10.1. The van der Waals surface area contributed by atoms with E-state index in [2.05, 4.69) is 0 Å².